The number of nitrogen functional groups attached to an aromatic ring is 1. The van der Waals surface area contributed by atoms with Crippen molar-refractivity contribution < 1.29 is 23.9 Å². The number of fused-ring (bicyclic) bond motifs is 1. The van der Waals surface area contributed by atoms with Crippen molar-refractivity contribution in [2.45, 2.75) is 45.6 Å². The van der Waals surface area contributed by atoms with Crippen LogP contribution in [0.1, 0.15) is 48.2 Å². The molecule has 0 radical (unpaired) electrons. The number of carbonyl (C=O) groups excluding carboxylic acids is 3. The van der Waals surface area contributed by atoms with Crippen molar-refractivity contribution in [1.29, 1.82) is 0 Å². The quantitative estimate of drug-likeness (QED) is 0.398. The minimum atomic E-state index is -0.939. The summed E-state index contributed by atoms with van der Waals surface area (Å²) in [4.78, 5) is 45.1. The maximum atomic E-state index is 12.7. The number of carbonyl (C=O) groups is 3. The van der Waals surface area contributed by atoms with E-state index in [-0.39, 0.29) is 26.1 Å². The van der Waals surface area contributed by atoms with Crippen LogP contribution in [0.4, 0.5) is 5.82 Å². The van der Waals surface area contributed by atoms with E-state index in [1.165, 1.54) is 6.33 Å². The van der Waals surface area contributed by atoms with Crippen LogP contribution in [0, 0.1) is 0 Å². The number of nitrogens with one attached hydrogen (secondary N) is 1. The first-order valence-electron chi connectivity index (χ1n) is 11.6. The third kappa shape index (κ3) is 6.56. The molecule has 35 heavy (non-hydrogen) atoms. The zero-order valence-corrected chi connectivity index (χ0v) is 20.2. The van der Waals surface area contributed by atoms with Crippen LogP contribution in [0.2, 0.25) is 0 Å². The van der Waals surface area contributed by atoms with Crippen LogP contribution in [-0.2, 0) is 39.0 Å². The van der Waals surface area contributed by atoms with Crippen LogP contribution < -0.4 is 11.1 Å². The zero-order valence-electron chi connectivity index (χ0n) is 20.2. The topological polar surface area (TPSA) is 138 Å². The molecule has 0 spiro atoms. The third-order valence-electron chi connectivity index (χ3n) is 5.58. The molecule has 10 heteroatoms. The molecule has 0 aliphatic rings. The molecule has 0 bridgehead atoms. The maximum absolute atomic E-state index is 12.7. The monoisotopic (exact) mass is 481 g/mol. The molecule has 10 nitrogen and oxygen atoms in total. The van der Waals surface area contributed by atoms with E-state index in [0.29, 0.717) is 11.4 Å². The largest absolute Gasteiger partial charge is 0.466 e. The number of benzene rings is 1. The number of hydrogen-bond acceptors (Lipinski definition) is 8. The van der Waals surface area contributed by atoms with Gasteiger partial charge in [-0.25, -0.2) is 14.8 Å². The van der Waals surface area contributed by atoms with Crippen molar-refractivity contribution in [2.24, 2.45) is 7.05 Å². The smallest absolute Gasteiger partial charge is 0.328 e. The lowest BCUT2D eigenvalue weighted by Gasteiger charge is -2.17. The molecule has 1 aromatic carbocycles. The number of esters is 2. The van der Waals surface area contributed by atoms with Crippen LogP contribution in [0.5, 0.6) is 0 Å². The average Bonchev–Trinajstić information content (AvgIpc) is 3.17. The lowest BCUT2D eigenvalue weighted by atomic mass is 10.0. The molecule has 0 aliphatic carbocycles. The van der Waals surface area contributed by atoms with Gasteiger partial charge in [0.05, 0.1) is 18.6 Å². The second-order valence-corrected chi connectivity index (χ2v) is 8.04. The molecule has 0 saturated carbocycles. The normalized spacial score (nSPS) is 11.7. The van der Waals surface area contributed by atoms with E-state index in [9.17, 15) is 14.4 Å². The highest BCUT2D eigenvalue weighted by atomic mass is 16.5. The Kier molecular flexibility index (Phi) is 8.77. The molecule has 3 aromatic rings. The number of rotatable bonds is 11. The molecule has 3 rings (SSSR count). The van der Waals surface area contributed by atoms with Crippen molar-refractivity contribution in [3.05, 3.63) is 53.5 Å². The zero-order chi connectivity index (χ0) is 25.4. The average molecular weight is 482 g/mol. The summed E-state index contributed by atoms with van der Waals surface area (Å²) in [5, 5.41) is 3.53. The van der Waals surface area contributed by atoms with Crippen LogP contribution >= 0.6 is 0 Å². The maximum Gasteiger partial charge on any atom is 0.328 e. The summed E-state index contributed by atoms with van der Waals surface area (Å²) in [6.07, 6.45) is 5.02. The van der Waals surface area contributed by atoms with Gasteiger partial charge in [-0.1, -0.05) is 12.1 Å². The molecule has 1 amide bonds. The molecule has 3 N–H and O–H groups in total. The predicted molar refractivity (Wildman–Crippen MR) is 131 cm³/mol. The molecular formula is C25H31N5O5. The molecule has 2 aromatic heterocycles. The Balaban J connectivity index is 1.63. The SMILES string of the molecule is CCOC(=O)CC[C@@H](NC(=O)c1ccc(CCc2cn(C)c3ncnc(N)c23)cc1)C(=O)OCC. The molecule has 0 fully saturated rings. The molecule has 0 unspecified atom stereocenters. The number of aromatic nitrogens is 3. The summed E-state index contributed by atoms with van der Waals surface area (Å²) in [5.74, 6) is -0.978. The summed E-state index contributed by atoms with van der Waals surface area (Å²) < 4.78 is 11.9. The van der Waals surface area contributed by atoms with Gasteiger partial charge in [0.25, 0.3) is 5.91 Å². The highest BCUT2D eigenvalue weighted by molar-refractivity contribution is 5.97. The summed E-state index contributed by atoms with van der Waals surface area (Å²) in [6, 6.07) is 6.22. The number of hydrogen-bond donors (Lipinski definition) is 2. The Morgan fingerprint density at radius 1 is 1.06 bits per heavy atom. The Hall–Kier alpha value is -3.95. The van der Waals surface area contributed by atoms with E-state index in [2.05, 4.69) is 15.3 Å². The minimum absolute atomic E-state index is 0.000259. The summed E-state index contributed by atoms with van der Waals surface area (Å²) in [6.45, 7) is 3.82. The Bertz CT molecular complexity index is 1190. The second-order valence-electron chi connectivity index (χ2n) is 8.04. The van der Waals surface area contributed by atoms with Gasteiger partial charge in [0.2, 0.25) is 0 Å². The van der Waals surface area contributed by atoms with Crippen molar-refractivity contribution in [2.75, 3.05) is 18.9 Å². The number of nitrogens with zero attached hydrogens (tertiary/aromatic N) is 3. The first-order valence-corrected chi connectivity index (χ1v) is 11.6. The summed E-state index contributed by atoms with van der Waals surface area (Å²) >= 11 is 0. The fraction of sp³-hybridized carbons (Fsp3) is 0.400. The van der Waals surface area contributed by atoms with Gasteiger partial charge in [0.1, 0.15) is 23.8 Å². The first-order chi connectivity index (χ1) is 16.8. The number of amides is 1. The fourth-order valence-electron chi connectivity index (χ4n) is 3.84. The molecular weight excluding hydrogens is 450 g/mol. The highest BCUT2D eigenvalue weighted by Gasteiger charge is 2.24. The number of nitrogens with two attached hydrogens (primary N) is 1. The fourth-order valence-corrected chi connectivity index (χ4v) is 3.84. The van der Waals surface area contributed by atoms with Gasteiger partial charge in [0.15, 0.2) is 0 Å². The third-order valence-corrected chi connectivity index (χ3v) is 5.58. The van der Waals surface area contributed by atoms with Gasteiger partial charge >= 0.3 is 11.9 Å². The standard InChI is InChI=1S/C25H31N5O5/c1-4-34-20(31)13-12-19(25(33)35-5-2)29-24(32)17-9-6-16(7-10-17)8-11-18-14-30(3)23-21(18)22(26)27-15-28-23/h6-7,9-10,14-15,19H,4-5,8,11-13H2,1-3H3,(H,29,32)(H2,26,27,28)/t19-/m1/s1. The number of anilines is 1. The van der Waals surface area contributed by atoms with Crippen LogP contribution in [0.3, 0.4) is 0 Å². The molecule has 0 aliphatic heterocycles. The summed E-state index contributed by atoms with van der Waals surface area (Å²) in [5.41, 5.74) is 9.35. The lowest BCUT2D eigenvalue weighted by molar-refractivity contribution is -0.146. The first kappa shape index (κ1) is 25.7. The van der Waals surface area contributed by atoms with Crippen molar-refractivity contribution in [3.63, 3.8) is 0 Å². The van der Waals surface area contributed by atoms with E-state index >= 15 is 0 Å². The minimum Gasteiger partial charge on any atom is -0.466 e. The van der Waals surface area contributed by atoms with Gasteiger partial charge in [0, 0.05) is 25.2 Å². The molecule has 1 atom stereocenters. The van der Waals surface area contributed by atoms with E-state index in [1.54, 1.807) is 26.0 Å². The van der Waals surface area contributed by atoms with Crippen LogP contribution in [0.25, 0.3) is 11.0 Å². The van der Waals surface area contributed by atoms with E-state index in [4.69, 9.17) is 15.2 Å². The summed E-state index contributed by atoms with van der Waals surface area (Å²) in [7, 11) is 1.92. The predicted octanol–water partition coefficient (Wildman–Crippen LogP) is 2.34. The van der Waals surface area contributed by atoms with Crippen molar-refractivity contribution in [1.82, 2.24) is 19.9 Å². The molecule has 2 heterocycles. The van der Waals surface area contributed by atoms with Gasteiger partial charge in [-0.2, -0.15) is 0 Å². The van der Waals surface area contributed by atoms with Crippen molar-refractivity contribution >= 4 is 34.7 Å². The van der Waals surface area contributed by atoms with Crippen LogP contribution in [-0.4, -0.2) is 51.6 Å². The van der Waals surface area contributed by atoms with Gasteiger partial charge in [-0.15, -0.1) is 0 Å². The highest BCUT2D eigenvalue weighted by Crippen LogP contribution is 2.24. The Morgan fingerprint density at radius 3 is 2.46 bits per heavy atom. The lowest BCUT2D eigenvalue weighted by Crippen LogP contribution is -2.42. The number of ether oxygens (including phenoxy) is 2. The Labute approximate surface area is 203 Å². The molecule has 0 saturated heterocycles. The van der Waals surface area contributed by atoms with E-state index in [1.807, 2.05) is 29.9 Å². The van der Waals surface area contributed by atoms with E-state index < -0.39 is 23.9 Å². The van der Waals surface area contributed by atoms with Gasteiger partial charge in [-0.3, -0.25) is 9.59 Å². The Morgan fingerprint density at radius 2 is 1.77 bits per heavy atom. The van der Waals surface area contributed by atoms with E-state index in [0.717, 1.165) is 35.0 Å². The number of aryl methyl sites for hydroxylation is 3. The van der Waals surface area contributed by atoms with Crippen LogP contribution in [0.15, 0.2) is 36.8 Å². The van der Waals surface area contributed by atoms with Gasteiger partial charge < -0.3 is 25.1 Å². The van der Waals surface area contributed by atoms with Gasteiger partial charge in [-0.05, 0) is 56.4 Å². The molecule has 186 valence electrons. The van der Waals surface area contributed by atoms with Crippen molar-refractivity contribution in [3.8, 4) is 0 Å². The second kappa shape index (κ2) is 12.0.